The molecule has 4 atom stereocenters. The molecule has 0 aromatic carbocycles. The zero-order valence-corrected chi connectivity index (χ0v) is 5.30. The number of hydrogen-bond acceptors (Lipinski definition) is 1. The van der Waals surface area contributed by atoms with Gasteiger partial charge in [0.15, 0.2) is 0 Å². The third-order valence-corrected chi connectivity index (χ3v) is 2.75. The summed E-state index contributed by atoms with van der Waals surface area (Å²) in [4.78, 5) is 0. The first-order valence-electron chi connectivity index (χ1n) is 3.54. The molecule has 8 heavy (non-hydrogen) atoms. The summed E-state index contributed by atoms with van der Waals surface area (Å²) >= 11 is 0. The van der Waals surface area contributed by atoms with Gasteiger partial charge in [-0.3, -0.25) is 0 Å². The summed E-state index contributed by atoms with van der Waals surface area (Å²) in [5.74, 6) is 2.85. The fraction of sp³-hybridized carbons (Fsp3) is 1.00. The molecule has 0 saturated heterocycles. The molecule has 1 nitrogen and oxygen atoms in total. The molecule has 2 saturated carbocycles. The van der Waals surface area contributed by atoms with Gasteiger partial charge < -0.3 is 5.73 Å². The zero-order valence-electron chi connectivity index (χ0n) is 5.30. The van der Waals surface area contributed by atoms with Gasteiger partial charge in [0.1, 0.15) is 0 Å². The molecule has 2 aliphatic rings. The van der Waals surface area contributed by atoms with Crippen LogP contribution in [0.25, 0.3) is 0 Å². The Hall–Kier alpha value is -0.0400. The van der Waals surface area contributed by atoms with Crippen LogP contribution in [0, 0.1) is 17.8 Å². The molecule has 1 heteroatoms. The van der Waals surface area contributed by atoms with Crippen molar-refractivity contribution in [3.8, 4) is 0 Å². The number of nitrogens with two attached hydrogens (primary N) is 1. The summed E-state index contributed by atoms with van der Waals surface area (Å²) in [6.07, 6.45) is 2.82. The van der Waals surface area contributed by atoms with Crippen LogP contribution in [0.15, 0.2) is 0 Å². The highest BCUT2D eigenvalue weighted by Crippen LogP contribution is 2.52. The first-order chi connectivity index (χ1) is 3.79. The third-order valence-electron chi connectivity index (χ3n) is 2.75. The van der Waals surface area contributed by atoms with E-state index in [1.54, 1.807) is 0 Å². The zero-order chi connectivity index (χ0) is 5.72. The Kier molecular flexibility index (Phi) is 0.762. The third kappa shape index (κ3) is 0.455. The van der Waals surface area contributed by atoms with Crippen LogP contribution in [0.1, 0.15) is 19.8 Å². The van der Waals surface area contributed by atoms with E-state index in [4.69, 9.17) is 5.73 Å². The summed E-state index contributed by atoms with van der Waals surface area (Å²) in [6, 6.07) is 0.603. The van der Waals surface area contributed by atoms with Crippen molar-refractivity contribution in [2.24, 2.45) is 23.5 Å². The molecule has 2 aliphatic carbocycles. The van der Waals surface area contributed by atoms with Crippen molar-refractivity contribution in [2.75, 3.05) is 0 Å². The Morgan fingerprint density at radius 1 is 1.25 bits per heavy atom. The molecule has 0 radical (unpaired) electrons. The van der Waals surface area contributed by atoms with Crippen molar-refractivity contribution in [1.29, 1.82) is 0 Å². The quantitative estimate of drug-likeness (QED) is 0.495. The normalized spacial score (nSPS) is 60.8. The van der Waals surface area contributed by atoms with Gasteiger partial charge in [-0.25, -0.2) is 0 Å². The monoisotopic (exact) mass is 111 g/mol. The largest absolute Gasteiger partial charge is 0.327 e. The van der Waals surface area contributed by atoms with Crippen LogP contribution in [-0.4, -0.2) is 6.04 Å². The number of rotatable bonds is 0. The summed E-state index contributed by atoms with van der Waals surface area (Å²) in [6.45, 7) is 2.33. The smallest absolute Gasteiger partial charge is 0.0102 e. The first-order valence-corrected chi connectivity index (χ1v) is 3.54. The highest BCUT2D eigenvalue weighted by atomic mass is 14.8. The molecule has 0 spiro atoms. The van der Waals surface area contributed by atoms with Gasteiger partial charge in [-0.2, -0.15) is 0 Å². The van der Waals surface area contributed by atoms with E-state index >= 15 is 0 Å². The van der Waals surface area contributed by atoms with Crippen molar-refractivity contribution in [1.82, 2.24) is 0 Å². The molecule has 2 N–H and O–H groups in total. The van der Waals surface area contributed by atoms with Crippen LogP contribution < -0.4 is 5.73 Å². The maximum Gasteiger partial charge on any atom is 0.0102 e. The van der Waals surface area contributed by atoms with Gasteiger partial charge in [-0.05, 0) is 30.6 Å². The summed E-state index contributed by atoms with van der Waals surface area (Å²) in [7, 11) is 0. The molecule has 0 bridgehead atoms. The standard InChI is InChI=1S/C7H13N/c1-4-2-5-6(3-4)7(5)8/h4-7H,2-3,8H2,1H3/t4?,5-,6+,7?. The van der Waals surface area contributed by atoms with Gasteiger partial charge in [0.25, 0.3) is 0 Å². The minimum atomic E-state index is 0.603. The van der Waals surface area contributed by atoms with Crippen molar-refractivity contribution in [3.63, 3.8) is 0 Å². The van der Waals surface area contributed by atoms with Gasteiger partial charge in [0.2, 0.25) is 0 Å². The molecule has 2 rings (SSSR count). The molecule has 46 valence electrons. The van der Waals surface area contributed by atoms with Gasteiger partial charge in [0, 0.05) is 6.04 Å². The van der Waals surface area contributed by atoms with Crippen LogP contribution in [0.5, 0.6) is 0 Å². The van der Waals surface area contributed by atoms with Crippen LogP contribution >= 0.6 is 0 Å². The van der Waals surface area contributed by atoms with Gasteiger partial charge >= 0.3 is 0 Å². The van der Waals surface area contributed by atoms with E-state index in [1.165, 1.54) is 12.8 Å². The van der Waals surface area contributed by atoms with Crippen LogP contribution in [-0.2, 0) is 0 Å². The highest BCUT2D eigenvalue weighted by molar-refractivity contribution is 5.06. The summed E-state index contributed by atoms with van der Waals surface area (Å²) < 4.78 is 0. The van der Waals surface area contributed by atoms with Crippen molar-refractivity contribution >= 4 is 0 Å². The molecular formula is C7H13N. The van der Waals surface area contributed by atoms with Crippen LogP contribution in [0.3, 0.4) is 0 Å². The van der Waals surface area contributed by atoms with E-state index in [0.717, 1.165) is 17.8 Å². The Morgan fingerprint density at radius 2 is 1.75 bits per heavy atom. The molecule has 0 heterocycles. The number of fused-ring (bicyclic) bond motifs is 1. The number of hydrogen-bond donors (Lipinski definition) is 1. The van der Waals surface area contributed by atoms with Crippen molar-refractivity contribution in [3.05, 3.63) is 0 Å². The lowest BCUT2D eigenvalue weighted by molar-refractivity contribution is 0.511. The van der Waals surface area contributed by atoms with Gasteiger partial charge in [-0.1, -0.05) is 6.92 Å². The Morgan fingerprint density at radius 3 is 2.12 bits per heavy atom. The van der Waals surface area contributed by atoms with E-state index in [2.05, 4.69) is 6.92 Å². The maximum absolute atomic E-state index is 5.73. The Bertz CT molecular complexity index is 99.0. The summed E-state index contributed by atoms with van der Waals surface area (Å²) in [5, 5.41) is 0. The SMILES string of the molecule is CC1C[C@@H]2C(N)[C@@H]2C1. The topological polar surface area (TPSA) is 26.0 Å². The average Bonchev–Trinajstić information content (AvgIpc) is 2.29. The lowest BCUT2D eigenvalue weighted by atomic mass is 10.1. The molecule has 0 aromatic heterocycles. The van der Waals surface area contributed by atoms with Crippen molar-refractivity contribution < 1.29 is 0 Å². The summed E-state index contributed by atoms with van der Waals surface area (Å²) in [5.41, 5.74) is 5.73. The average molecular weight is 111 g/mol. The minimum absolute atomic E-state index is 0.603. The van der Waals surface area contributed by atoms with Gasteiger partial charge in [-0.15, -0.1) is 0 Å². The Balaban J connectivity index is 2.00. The second-order valence-corrected chi connectivity index (χ2v) is 3.48. The van der Waals surface area contributed by atoms with E-state index in [0.29, 0.717) is 6.04 Å². The van der Waals surface area contributed by atoms with Gasteiger partial charge in [0.05, 0.1) is 0 Å². The molecule has 0 aromatic rings. The van der Waals surface area contributed by atoms with E-state index in [1.807, 2.05) is 0 Å². The van der Waals surface area contributed by atoms with E-state index in [9.17, 15) is 0 Å². The first kappa shape index (κ1) is 4.80. The Labute approximate surface area is 50.3 Å². The molecule has 0 aliphatic heterocycles. The fourth-order valence-electron chi connectivity index (χ4n) is 2.16. The van der Waals surface area contributed by atoms with E-state index < -0.39 is 0 Å². The van der Waals surface area contributed by atoms with E-state index in [-0.39, 0.29) is 0 Å². The van der Waals surface area contributed by atoms with Crippen LogP contribution in [0.2, 0.25) is 0 Å². The lowest BCUT2D eigenvalue weighted by Gasteiger charge is -2.02. The second-order valence-electron chi connectivity index (χ2n) is 3.48. The lowest BCUT2D eigenvalue weighted by Crippen LogP contribution is -2.09. The minimum Gasteiger partial charge on any atom is -0.327 e. The van der Waals surface area contributed by atoms with Crippen molar-refractivity contribution in [2.45, 2.75) is 25.8 Å². The molecular weight excluding hydrogens is 98.1 g/mol. The maximum atomic E-state index is 5.73. The second kappa shape index (κ2) is 1.27. The highest BCUT2D eigenvalue weighted by Gasteiger charge is 2.52. The van der Waals surface area contributed by atoms with Crippen LogP contribution in [0.4, 0.5) is 0 Å². The molecule has 0 amide bonds. The molecule has 2 unspecified atom stereocenters. The predicted molar refractivity (Wildman–Crippen MR) is 33.4 cm³/mol. The predicted octanol–water partition coefficient (Wildman–Crippen LogP) is 0.990. The molecule has 2 fully saturated rings. The fourth-order valence-corrected chi connectivity index (χ4v) is 2.16.